The van der Waals surface area contributed by atoms with E-state index in [2.05, 4.69) is 24.2 Å². The summed E-state index contributed by atoms with van der Waals surface area (Å²) in [7, 11) is 0. The maximum absolute atomic E-state index is 8.06. The molecular formula is C9H17NO. The zero-order chi connectivity index (χ0) is 8.36. The van der Waals surface area contributed by atoms with Crippen molar-refractivity contribution in [2.75, 3.05) is 0 Å². The van der Waals surface area contributed by atoms with E-state index >= 15 is 0 Å². The van der Waals surface area contributed by atoms with E-state index in [0.717, 1.165) is 25.7 Å². The number of hydrogen-bond acceptors (Lipinski definition) is 2. The van der Waals surface area contributed by atoms with Gasteiger partial charge >= 0.3 is 0 Å². The molecule has 0 fully saturated rings. The number of allylic oxidation sites excluding steroid dienone is 2. The van der Waals surface area contributed by atoms with E-state index in [0.29, 0.717) is 0 Å². The number of nitrogens with zero attached hydrogens (tertiary/aromatic N) is 1. The fourth-order valence-electron chi connectivity index (χ4n) is 0.840. The first-order chi connectivity index (χ1) is 5.41. The summed E-state index contributed by atoms with van der Waals surface area (Å²) in [6, 6.07) is 0. The van der Waals surface area contributed by atoms with Crippen LogP contribution in [0.3, 0.4) is 0 Å². The Morgan fingerprint density at radius 3 is 2.55 bits per heavy atom. The van der Waals surface area contributed by atoms with Crippen molar-refractivity contribution >= 4 is 6.21 Å². The van der Waals surface area contributed by atoms with Crippen molar-refractivity contribution in [3.63, 3.8) is 0 Å². The molecule has 11 heavy (non-hydrogen) atoms. The largest absolute Gasteiger partial charge is 0.411 e. The summed E-state index contributed by atoms with van der Waals surface area (Å²) in [5.41, 5.74) is 0. The lowest BCUT2D eigenvalue weighted by Crippen LogP contribution is -1.76. The molecule has 0 saturated heterocycles. The van der Waals surface area contributed by atoms with Crippen LogP contribution in [0.25, 0.3) is 0 Å². The Bertz CT molecular complexity index is 119. The van der Waals surface area contributed by atoms with Gasteiger partial charge in [0.25, 0.3) is 0 Å². The summed E-state index contributed by atoms with van der Waals surface area (Å²) in [5.74, 6) is 0. The number of hydrogen-bond donors (Lipinski definition) is 1. The van der Waals surface area contributed by atoms with Gasteiger partial charge in [-0.25, -0.2) is 0 Å². The molecule has 0 saturated carbocycles. The molecule has 0 rings (SSSR count). The van der Waals surface area contributed by atoms with Crippen molar-refractivity contribution in [1.82, 2.24) is 0 Å². The van der Waals surface area contributed by atoms with Crippen LogP contribution in [-0.4, -0.2) is 11.4 Å². The highest BCUT2D eigenvalue weighted by Gasteiger charge is 1.82. The molecular weight excluding hydrogens is 138 g/mol. The van der Waals surface area contributed by atoms with Gasteiger partial charge in [0, 0.05) is 6.21 Å². The standard InChI is InChI=1S/C9H17NO/c1-2-3-4-5-6-7-8-9-10-11/h3-4,9,11H,2,5-8H2,1H3. The van der Waals surface area contributed by atoms with Crippen LogP contribution in [0.4, 0.5) is 0 Å². The molecule has 1 N–H and O–H groups in total. The fourth-order valence-corrected chi connectivity index (χ4v) is 0.840. The van der Waals surface area contributed by atoms with Gasteiger partial charge in [0.15, 0.2) is 0 Å². The van der Waals surface area contributed by atoms with E-state index in [1.165, 1.54) is 6.42 Å². The second kappa shape index (κ2) is 9.21. The van der Waals surface area contributed by atoms with Gasteiger partial charge in [-0.15, -0.1) is 5.16 Å². The van der Waals surface area contributed by atoms with Crippen LogP contribution in [0.15, 0.2) is 17.3 Å². The predicted molar refractivity (Wildman–Crippen MR) is 48.2 cm³/mol. The van der Waals surface area contributed by atoms with Crippen molar-refractivity contribution in [3.8, 4) is 0 Å². The first-order valence-electron chi connectivity index (χ1n) is 4.22. The van der Waals surface area contributed by atoms with Gasteiger partial charge in [-0.3, -0.25) is 0 Å². The van der Waals surface area contributed by atoms with E-state index in [4.69, 9.17) is 5.21 Å². The van der Waals surface area contributed by atoms with Gasteiger partial charge < -0.3 is 5.21 Å². The molecule has 0 aromatic heterocycles. The molecule has 0 heterocycles. The first-order valence-corrected chi connectivity index (χ1v) is 4.22. The minimum Gasteiger partial charge on any atom is -0.411 e. The quantitative estimate of drug-likeness (QED) is 0.206. The molecule has 0 radical (unpaired) electrons. The first kappa shape index (κ1) is 10.2. The van der Waals surface area contributed by atoms with Crippen LogP contribution in [0.5, 0.6) is 0 Å². The van der Waals surface area contributed by atoms with E-state index in [-0.39, 0.29) is 0 Å². The summed E-state index contributed by atoms with van der Waals surface area (Å²) in [4.78, 5) is 0. The molecule has 0 atom stereocenters. The molecule has 0 unspecified atom stereocenters. The summed E-state index contributed by atoms with van der Waals surface area (Å²) < 4.78 is 0. The SMILES string of the molecule is CCC=CCCCCC=NO. The van der Waals surface area contributed by atoms with Gasteiger partial charge in [-0.1, -0.05) is 19.1 Å². The van der Waals surface area contributed by atoms with Gasteiger partial charge in [0.05, 0.1) is 0 Å². The van der Waals surface area contributed by atoms with Gasteiger partial charge in [-0.2, -0.15) is 0 Å². The summed E-state index contributed by atoms with van der Waals surface area (Å²) >= 11 is 0. The van der Waals surface area contributed by atoms with Crippen molar-refractivity contribution in [1.29, 1.82) is 0 Å². The third-order valence-electron chi connectivity index (χ3n) is 1.44. The molecule has 0 aliphatic carbocycles. The Labute approximate surface area is 68.6 Å². The van der Waals surface area contributed by atoms with Crippen LogP contribution >= 0.6 is 0 Å². The van der Waals surface area contributed by atoms with Gasteiger partial charge in [0.1, 0.15) is 0 Å². The lowest BCUT2D eigenvalue weighted by Gasteiger charge is -1.90. The van der Waals surface area contributed by atoms with Gasteiger partial charge in [0.2, 0.25) is 0 Å². The number of rotatable bonds is 6. The number of unbranched alkanes of at least 4 members (excludes halogenated alkanes) is 3. The Hall–Kier alpha value is -0.790. The summed E-state index contributed by atoms with van der Waals surface area (Å²) in [6.07, 6.45) is 11.4. The molecule has 0 bridgehead atoms. The fraction of sp³-hybridized carbons (Fsp3) is 0.667. The summed E-state index contributed by atoms with van der Waals surface area (Å²) in [6.45, 7) is 2.13. The maximum Gasteiger partial charge on any atom is 0.0435 e. The van der Waals surface area contributed by atoms with Crippen LogP contribution in [0.2, 0.25) is 0 Å². The monoisotopic (exact) mass is 155 g/mol. The zero-order valence-electron chi connectivity index (χ0n) is 7.16. The van der Waals surface area contributed by atoms with E-state index in [1.54, 1.807) is 6.21 Å². The molecule has 0 amide bonds. The normalized spacial score (nSPS) is 11.7. The molecule has 0 aliphatic heterocycles. The smallest absolute Gasteiger partial charge is 0.0435 e. The van der Waals surface area contributed by atoms with Gasteiger partial charge in [-0.05, 0) is 32.1 Å². The third-order valence-corrected chi connectivity index (χ3v) is 1.44. The average Bonchev–Trinajstić information content (AvgIpc) is 2.03. The highest BCUT2D eigenvalue weighted by molar-refractivity contribution is 5.55. The second-order valence-electron chi connectivity index (χ2n) is 2.46. The minimum atomic E-state index is 0.885. The Balaban J connectivity index is 2.96. The highest BCUT2D eigenvalue weighted by Crippen LogP contribution is 1.99. The van der Waals surface area contributed by atoms with E-state index in [1.807, 2.05) is 0 Å². The van der Waals surface area contributed by atoms with E-state index < -0.39 is 0 Å². The molecule has 64 valence electrons. The minimum absolute atomic E-state index is 0.885. The Morgan fingerprint density at radius 1 is 1.18 bits per heavy atom. The van der Waals surface area contributed by atoms with E-state index in [9.17, 15) is 0 Å². The Kier molecular flexibility index (Phi) is 8.55. The van der Waals surface area contributed by atoms with Crippen LogP contribution in [0.1, 0.15) is 39.0 Å². The Morgan fingerprint density at radius 2 is 1.91 bits per heavy atom. The van der Waals surface area contributed by atoms with Crippen LogP contribution < -0.4 is 0 Å². The number of oxime groups is 1. The molecule has 0 aromatic carbocycles. The average molecular weight is 155 g/mol. The summed E-state index contributed by atoms with van der Waals surface area (Å²) in [5, 5.41) is 11.0. The molecule has 0 aliphatic rings. The van der Waals surface area contributed by atoms with Crippen LogP contribution in [-0.2, 0) is 0 Å². The third kappa shape index (κ3) is 9.21. The molecule has 0 aromatic rings. The van der Waals surface area contributed by atoms with Crippen molar-refractivity contribution in [2.24, 2.45) is 5.16 Å². The van der Waals surface area contributed by atoms with Crippen molar-refractivity contribution < 1.29 is 5.21 Å². The second-order valence-corrected chi connectivity index (χ2v) is 2.46. The lowest BCUT2D eigenvalue weighted by atomic mass is 10.2. The topological polar surface area (TPSA) is 32.6 Å². The highest BCUT2D eigenvalue weighted by atomic mass is 16.4. The maximum atomic E-state index is 8.06. The molecule has 0 spiro atoms. The zero-order valence-corrected chi connectivity index (χ0v) is 7.16. The predicted octanol–water partition coefficient (Wildman–Crippen LogP) is 2.97. The molecule has 2 heteroatoms. The van der Waals surface area contributed by atoms with Crippen molar-refractivity contribution in [2.45, 2.75) is 39.0 Å². The molecule has 2 nitrogen and oxygen atoms in total. The van der Waals surface area contributed by atoms with Crippen LogP contribution in [0, 0.1) is 0 Å². The lowest BCUT2D eigenvalue weighted by molar-refractivity contribution is 0.320. The van der Waals surface area contributed by atoms with Crippen molar-refractivity contribution in [3.05, 3.63) is 12.2 Å².